The molecule has 4 N–H and O–H groups in total. The molecule has 2 amide bonds. The van der Waals surface area contributed by atoms with Gasteiger partial charge in [-0.15, -0.1) is 12.4 Å². The van der Waals surface area contributed by atoms with Crippen molar-refractivity contribution in [1.82, 2.24) is 16.0 Å². The van der Waals surface area contributed by atoms with E-state index in [1.165, 1.54) is 0 Å². The van der Waals surface area contributed by atoms with Gasteiger partial charge in [-0.2, -0.15) is 0 Å². The van der Waals surface area contributed by atoms with Crippen LogP contribution in [0.3, 0.4) is 0 Å². The first-order valence-electron chi connectivity index (χ1n) is 8.59. The summed E-state index contributed by atoms with van der Waals surface area (Å²) >= 11 is 0. The molecular weight excluding hydrogens is 374 g/mol. The molecule has 2 unspecified atom stereocenters. The van der Waals surface area contributed by atoms with Gasteiger partial charge in [0.15, 0.2) is 5.78 Å². The molecule has 150 valence electrons. The highest BCUT2D eigenvalue weighted by Crippen LogP contribution is 2.11. The lowest BCUT2D eigenvalue weighted by molar-refractivity contribution is -0.126. The molecule has 0 aromatic heterocycles. The van der Waals surface area contributed by atoms with Crippen LogP contribution in [0.2, 0.25) is 0 Å². The standard InChI is InChI=1S/C18H25N3O5.ClH/c1-26-14-4-2-12(3-5-14)16(23)11-21-18(25)7-6-17(24)20-9-13-8-19-10-15(13)22;/h2-5,13,15,19,22H,6-11H2,1H3,(H,20,24)(H,21,25);1H. The highest BCUT2D eigenvalue weighted by molar-refractivity contribution is 5.99. The Kier molecular flexibility index (Phi) is 9.77. The average Bonchev–Trinajstić information content (AvgIpc) is 3.07. The third kappa shape index (κ3) is 7.54. The van der Waals surface area contributed by atoms with Gasteiger partial charge in [0, 0.05) is 44.0 Å². The number of aliphatic hydroxyl groups excluding tert-OH is 1. The second-order valence-electron chi connectivity index (χ2n) is 6.22. The summed E-state index contributed by atoms with van der Waals surface area (Å²) in [5.41, 5.74) is 0.479. The van der Waals surface area contributed by atoms with Crippen LogP contribution in [-0.2, 0) is 9.59 Å². The number of carbonyl (C=O) groups is 3. The lowest BCUT2D eigenvalue weighted by Crippen LogP contribution is -2.35. The van der Waals surface area contributed by atoms with Crippen LogP contribution in [0.4, 0.5) is 0 Å². The van der Waals surface area contributed by atoms with Crippen molar-refractivity contribution in [3.63, 3.8) is 0 Å². The van der Waals surface area contributed by atoms with E-state index < -0.39 is 6.10 Å². The number of benzene rings is 1. The first-order chi connectivity index (χ1) is 12.5. The van der Waals surface area contributed by atoms with E-state index in [-0.39, 0.29) is 55.3 Å². The lowest BCUT2D eigenvalue weighted by Gasteiger charge is -2.14. The quantitative estimate of drug-likeness (QED) is 0.431. The third-order valence-electron chi connectivity index (χ3n) is 4.30. The molecular formula is C18H26ClN3O5. The molecule has 1 aromatic rings. The van der Waals surface area contributed by atoms with Crippen LogP contribution in [0, 0.1) is 5.92 Å². The molecule has 0 aliphatic carbocycles. The van der Waals surface area contributed by atoms with Crippen molar-refractivity contribution in [2.24, 2.45) is 5.92 Å². The first kappa shape index (κ1) is 22.9. The molecule has 0 radical (unpaired) electrons. The van der Waals surface area contributed by atoms with Crippen LogP contribution in [-0.4, -0.2) is 62.1 Å². The summed E-state index contributed by atoms with van der Waals surface area (Å²) in [5, 5.41) is 17.9. The molecule has 2 atom stereocenters. The Hall–Kier alpha value is -2.16. The molecule has 0 saturated carbocycles. The Morgan fingerprint density at radius 1 is 1.11 bits per heavy atom. The average molecular weight is 400 g/mol. The predicted octanol–water partition coefficient (Wildman–Crippen LogP) is -0.107. The summed E-state index contributed by atoms with van der Waals surface area (Å²) < 4.78 is 5.02. The zero-order valence-electron chi connectivity index (χ0n) is 15.2. The maximum absolute atomic E-state index is 12.0. The van der Waals surface area contributed by atoms with Gasteiger partial charge in [0.2, 0.25) is 11.8 Å². The molecule has 1 aromatic carbocycles. The fraction of sp³-hybridized carbons (Fsp3) is 0.500. The van der Waals surface area contributed by atoms with Gasteiger partial charge in [-0.3, -0.25) is 14.4 Å². The summed E-state index contributed by atoms with van der Waals surface area (Å²) in [7, 11) is 1.54. The van der Waals surface area contributed by atoms with Crippen LogP contribution in [0.5, 0.6) is 5.75 Å². The molecule has 1 aliphatic heterocycles. The maximum atomic E-state index is 12.0. The second kappa shape index (κ2) is 11.5. The normalized spacial score (nSPS) is 18.3. The molecule has 0 bridgehead atoms. The van der Waals surface area contributed by atoms with Crippen LogP contribution < -0.4 is 20.7 Å². The Morgan fingerprint density at radius 2 is 1.74 bits per heavy atom. The molecule has 27 heavy (non-hydrogen) atoms. The highest BCUT2D eigenvalue weighted by atomic mass is 35.5. The van der Waals surface area contributed by atoms with E-state index in [0.29, 0.717) is 30.9 Å². The number of rotatable bonds is 9. The number of carbonyl (C=O) groups excluding carboxylic acids is 3. The number of ketones is 1. The number of aliphatic hydroxyl groups is 1. The van der Waals surface area contributed by atoms with Gasteiger partial charge in [0.25, 0.3) is 0 Å². The number of nitrogens with one attached hydrogen (secondary N) is 3. The Labute approximate surface area is 164 Å². The van der Waals surface area contributed by atoms with Crippen molar-refractivity contribution >= 4 is 30.0 Å². The topological polar surface area (TPSA) is 117 Å². The summed E-state index contributed by atoms with van der Waals surface area (Å²) in [6, 6.07) is 6.62. The van der Waals surface area contributed by atoms with Crippen molar-refractivity contribution in [2.45, 2.75) is 18.9 Å². The van der Waals surface area contributed by atoms with E-state index in [9.17, 15) is 19.5 Å². The zero-order valence-corrected chi connectivity index (χ0v) is 16.0. The highest BCUT2D eigenvalue weighted by Gasteiger charge is 2.25. The Bertz CT molecular complexity index is 638. The van der Waals surface area contributed by atoms with Crippen LogP contribution in [0.1, 0.15) is 23.2 Å². The minimum absolute atomic E-state index is 0. The van der Waals surface area contributed by atoms with Crippen molar-refractivity contribution in [3.8, 4) is 5.75 Å². The van der Waals surface area contributed by atoms with E-state index in [0.717, 1.165) is 0 Å². The van der Waals surface area contributed by atoms with E-state index >= 15 is 0 Å². The molecule has 0 spiro atoms. The van der Waals surface area contributed by atoms with Gasteiger partial charge in [-0.1, -0.05) is 0 Å². The molecule has 9 heteroatoms. The molecule has 8 nitrogen and oxygen atoms in total. The maximum Gasteiger partial charge on any atom is 0.220 e. The summed E-state index contributed by atoms with van der Waals surface area (Å²) in [5.74, 6) is -0.175. The first-order valence-corrected chi connectivity index (χ1v) is 8.59. The molecule has 2 rings (SSSR count). The molecule has 1 fully saturated rings. The molecule has 1 aliphatic rings. The minimum atomic E-state index is -0.456. The van der Waals surface area contributed by atoms with Crippen LogP contribution in [0.25, 0.3) is 0 Å². The lowest BCUT2D eigenvalue weighted by atomic mass is 10.1. The van der Waals surface area contributed by atoms with Gasteiger partial charge < -0.3 is 25.8 Å². The fourth-order valence-corrected chi connectivity index (χ4v) is 2.63. The fourth-order valence-electron chi connectivity index (χ4n) is 2.63. The number of amides is 2. The zero-order chi connectivity index (χ0) is 18.9. The monoisotopic (exact) mass is 399 g/mol. The van der Waals surface area contributed by atoms with Crippen molar-refractivity contribution < 1.29 is 24.2 Å². The van der Waals surface area contributed by atoms with Crippen molar-refractivity contribution in [2.75, 3.05) is 33.3 Å². The van der Waals surface area contributed by atoms with Gasteiger partial charge in [0.05, 0.1) is 19.8 Å². The number of halogens is 1. The van der Waals surface area contributed by atoms with E-state index in [2.05, 4.69) is 16.0 Å². The van der Waals surface area contributed by atoms with E-state index in [1.807, 2.05) is 0 Å². The van der Waals surface area contributed by atoms with Crippen LogP contribution in [0.15, 0.2) is 24.3 Å². The number of β-amino-alcohol motifs (C(OH)–C–C–N with tert-alkyl or cyclic N) is 1. The van der Waals surface area contributed by atoms with Gasteiger partial charge >= 0.3 is 0 Å². The largest absolute Gasteiger partial charge is 0.497 e. The number of Topliss-reactive ketones (excluding diaryl/α,β-unsaturated/α-hetero) is 1. The SMILES string of the molecule is COc1ccc(C(=O)CNC(=O)CCC(=O)NCC2CNCC2O)cc1.Cl. The van der Waals surface area contributed by atoms with Crippen molar-refractivity contribution in [3.05, 3.63) is 29.8 Å². The summed E-state index contributed by atoms with van der Waals surface area (Å²) in [6.07, 6.45) is -0.408. The molecule has 1 saturated heterocycles. The number of methoxy groups -OCH3 is 1. The van der Waals surface area contributed by atoms with E-state index in [1.54, 1.807) is 31.4 Å². The Morgan fingerprint density at radius 3 is 2.30 bits per heavy atom. The van der Waals surface area contributed by atoms with Crippen LogP contribution >= 0.6 is 12.4 Å². The smallest absolute Gasteiger partial charge is 0.220 e. The number of ether oxygens (including phenoxy) is 1. The summed E-state index contributed by atoms with van der Waals surface area (Å²) in [6.45, 7) is 1.46. The summed E-state index contributed by atoms with van der Waals surface area (Å²) in [4.78, 5) is 35.5. The number of hydrogen-bond donors (Lipinski definition) is 4. The predicted molar refractivity (Wildman–Crippen MR) is 102 cm³/mol. The van der Waals surface area contributed by atoms with Gasteiger partial charge in [-0.05, 0) is 24.3 Å². The van der Waals surface area contributed by atoms with E-state index in [4.69, 9.17) is 4.74 Å². The van der Waals surface area contributed by atoms with Gasteiger partial charge in [0.1, 0.15) is 5.75 Å². The Balaban J connectivity index is 0.00000364. The van der Waals surface area contributed by atoms with Gasteiger partial charge in [-0.25, -0.2) is 0 Å². The third-order valence-corrected chi connectivity index (χ3v) is 4.30. The van der Waals surface area contributed by atoms with Crippen molar-refractivity contribution in [1.29, 1.82) is 0 Å². The minimum Gasteiger partial charge on any atom is -0.497 e. The molecule has 1 heterocycles. The number of hydrogen-bond acceptors (Lipinski definition) is 6. The second-order valence-corrected chi connectivity index (χ2v) is 6.22.